The van der Waals surface area contributed by atoms with Crippen molar-refractivity contribution in [3.63, 3.8) is 0 Å². The molecule has 1 unspecified atom stereocenters. The molecule has 1 N–H and O–H groups in total. The van der Waals surface area contributed by atoms with Crippen molar-refractivity contribution < 1.29 is 0 Å². The first-order valence-electron chi connectivity index (χ1n) is 5.15. The molecule has 1 aromatic carbocycles. The minimum atomic E-state index is 0.517. The highest BCUT2D eigenvalue weighted by molar-refractivity contribution is 9.10. The lowest BCUT2D eigenvalue weighted by molar-refractivity contribution is 0.674. The van der Waals surface area contributed by atoms with E-state index >= 15 is 0 Å². The van der Waals surface area contributed by atoms with E-state index in [0.29, 0.717) is 16.0 Å². The Balaban J connectivity index is 2.17. The molecule has 0 spiro atoms. The van der Waals surface area contributed by atoms with Crippen molar-refractivity contribution in [2.24, 2.45) is 10.9 Å². The number of hydrogen-bond acceptors (Lipinski definition) is 3. The van der Waals surface area contributed by atoms with Crippen molar-refractivity contribution in [3.8, 4) is 0 Å². The molecule has 0 bridgehead atoms. The number of rotatable bonds is 1. The van der Waals surface area contributed by atoms with E-state index in [1.807, 2.05) is 12.1 Å². The van der Waals surface area contributed by atoms with Crippen LogP contribution < -0.4 is 5.32 Å². The molecule has 0 saturated heterocycles. The molecular formula is C11H11BrCl2N2S. The minimum absolute atomic E-state index is 0.517. The number of nitrogens with zero attached hydrogens (tertiary/aromatic N) is 1. The molecule has 1 aliphatic heterocycles. The molecule has 92 valence electrons. The van der Waals surface area contributed by atoms with E-state index in [4.69, 9.17) is 23.2 Å². The predicted octanol–water partition coefficient (Wildman–Crippen LogP) is 4.91. The summed E-state index contributed by atoms with van der Waals surface area (Å²) in [7, 11) is 0. The normalized spacial score (nSPS) is 20.0. The Morgan fingerprint density at radius 1 is 1.41 bits per heavy atom. The van der Waals surface area contributed by atoms with E-state index in [1.165, 1.54) is 0 Å². The van der Waals surface area contributed by atoms with E-state index in [9.17, 15) is 0 Å². The topological polar surface area (TPSA) is 24.4 Å². The summed E-state index contributed by atoms with van der Waals surface area (Å²) >= 11 is 17.3. The van der Waals surface area contributed by atoms with Crippen LogP contribution in [-0.2, 0) is 0 Å². The molecule has 0 fully saturated rings. The van der Waals surface area contributed by atoms with E-state index in [-0.39, 0.29) is 0 Å². The van der Waals surface area contributed by atoms with Gasteiger partial charge in [-0.3, -0.25) is 4.99 Å². The number of aliphatic imine (C=N–C) groups is 1. The average molecular weight is 354 g/mol. The zero-order valence-electron chi connectivity index (χ0n) is 9.14. The highest BCUT2D eigenvalue weighted by atomic mass is 79.9. The third-order valence-electron chi connectivity index (χ3n) is 2.33. The van der Waals surface area contributed by atoms with Crippen LogP contribution in [0.1, 0.15) is 6.92 Å². The van der Waals surface area contributed by atoms with Crippen LogP contribution in [0.2, 0.25) is 10.0 Å². The zero-order chi connectivity index (χ0) is 12.4. The van der Waals surface area contributed by atoms with Crippen LogP contribution in [0.15, 0.2) is 21.6 Å². The lowest BCUT2D eigenvalue weighted by Crippen LogP contribution is -2.18. The van der Waals surface area contributed by atoms with Crippen LogP contribution in [0.4, 0.5) is 5.69 Å². The van der Waals surface area contributed by atoms with Gasteiger partial charge in [-0.2, -0.15) is 0 Å². The van der Waals surface area contributed by atoms with Gasteiger partial charge in [-0.25, -0.2) is 0 Å². The summed E-state index contributed by atoms with van der Waals surface area (Å²) in [5.74, 6) is 1.71. The van der Waals surface area contributed by atoms with E-state index in [1.54, 1.807) is 11.8 Å². The van der Waals surface area contributed by atoms with Crippen molar-refractivity contribution in [2.75, 3.05) is 17.6 Å². The second kappa shape index (κ2) is 5.83. The molecule has 1 aliphatic rings. The quantitative estimate of drug-likeness (QED) is 0.725. The van der Waals surface area contributed by atoms with Gasteiger partial charge in [0, 0.05) is 16.8 Å². The molecule has 1 aromatic rings. The first-order chi connectivity index (χ1) is 8.08. The Kier molecular flexibility index (Phi) is 4.64. The minimum Gasteiger partial charge on any atom is -0.334 e. The fourth-order valence-corrected chi connectivity index (χ4v) is 3.09. The predicted molar refractivity (Wildman–Crippen MR) is 81.7 cm³/mol. The second-order valence-corrected chi connectivity index (χ2v) is 6.53. The Morgan fingerprint density at radius 3 is 2.82 bits per heavy atom. The van der Waals surface area contributed by atoms with Crippen LogP contribution in [-0.4, -0.2) is 17.5 Å². The highest BCUT2D eigenvalue weighted by Gasteiger charge is 2.14. The smallest absolute Gasteiger partial charge is 0.161 e. The fraction of sp³-hybridized carbons (Fsp3) is 0.364. The van der Waals surface area contributed by atoms with Crippen molar-refractivity contribution >= 4 is 61.7 Å². The van der Waals surface area contributed by atoms with Crippen LogP contribution >= 0.6 is 50.9 Å². The van der Waals surface area contributed by atoms with Crippen LogP contribution in [0, 0.1) is 5.92 Å². The van der Waals surface area contributed by atoms with Crippen LogP contribution in [0.5, 0.6) is 0 Å². The maximum Gasteiger partial charge on any atom is 0.161 e. The van der Waals surface area contributed by atoms with Crippen molar-refractivity contribution in [2.45, 2.75) is 6.92 Å². The monoisotopic (exact) mass is 352 g/mol. The molecule has 0 amide bonds. The molecule has 2 nitrogen and oxygen atoms in total. The molecule has 17 heavy (non-hydrogen) atoms. The molecule has 0 aliphatic carbocycles. The van der Waals surface area contributed by atoms with E-state index in [0.717, 1.165) is 27.6 Å². The van der Waals surface area contributed by atoms with Gasteiger partial charge in [0.1, 0.15) is 0 Å². The van der Waals surface area contributed by atoms with Gasteiger partial charge in [0.25, 0.3) is 0 Å². The molecule has 1 heterocycles. The number of thioether (sulfide) groups is 1. The fourth-order valence-electron chi connectivity index (χ4n) is 1.37. The molecule has 0 radical (unpaired) electrons. The molecule has 0 saturated carbocycles. The summed E-state index contributed by atoms with van der Waals surface area (Å²) in [6, 6.07) is 3.76. The largest absolute Gasteiger partial charge is 0.334 e. The summed E-state index contributed by atoms with van der Waals surface area (Å²) in [5.41, 5.74) is 0.792. The Bertz CT molecular complexity index is 465. The van der Waals surface area contributed by atoms with Gasteiger partial charge in [0.05, 0.1) is 15.7 Å². The number of anilines is 1. The third-order valence-corrected chi connectivity index (χ3v) is 5.34. The lowest BCUT2D eigenvalue weighted by atomic mass is 10.2. The van der Waals surface area contributed by atoms with Gasteiger partial charge in [-0.15, -0.1) is 0 Å². The number of amidine groups is 1. The van der Waals surface area contributed by atoms with E-state index < -0.39 is 0 Å². The first kappa shape index (κ1) is 13.5. The van der Waals surface area contributed by atoms with Gasteiger partial charge >= 0.3 is 0 Å². The summed E-state index contributed by atoms with van der Waals surface area (Å²) < 4.78 is 0.793. The molecular weight excluding hydrogens is 343 g/mol. The number of halogens is 3. The van der Waals surface area contributed by atoms with Crippen molar-refractivity contribution in [1.29, 1.82) is 0 Å². The third kappa shape index (κ3) is 3.31. The number of nitrogens with one attached hydrogen (secondary N) is 1. The molecule has 1 atom stereocenters. The van der Waals surface area contributed by atoms with Crippen LogP contribution in [0.25, 0.3) is 0 Å². The highest BCUT2D eigenvalue weighted by Crippen LogP contribution is 2.36. The van der Waals surface area contributed by atoms with E-state index in [2.05, 4.69) is 33.2 Å². The average Bonchev–Trinajstić information content (AvgIpc) is 2.33. The van der Waals surface area contributed by atoms with Crippen LogP contribution in [0.3, 0.4) is 0 Å². The Hall–Kier alpha value is 0.1000. The molecule has 0 aromatic heterocycles. The van der Waals surface area contributed by atoms with Gasteiger partial charge in [0.15, 0.2) is 5.17 Å². The summed E-state index contributed by atoms with van der Waals surface area (Å²) in [4.78, 5) is 4.45. The standard InChI is InChI=1S/C11H11BrCl2N2S/c1-6-4-15-11(17-5-6)16-8-3-2-7(12)9(13)10(8)14/h2-3,6H,4-5H2,1H3,(H,15,16). The van der Waals surface area contributed by atoms with Gasteiger partial charge < -0.3 is 5.32 Å². The Morgan fingerprint density at radius 2 is 2.18 bits per heavy atom. The summed E-state index contributed by atoms with van der Waals surface area (Å²) in [6.45, 7) is 3.05. The van der Waals surface area contributed by atoms with Gasteiger partial charge in [0.2, 0.25) is 0 Å². The SMILES string of the molecule is CC1CN=C(Nc2ccc(Br)c(Cl)c2Cl)SC1. The molecule has 6 heteroatoms. The number of benzene rings is 1. The zero-order valence-corrected chi connectivity index (χ0v) is 13.0. The Labute approximate surface area is 123 Å². The number of hydrogen-bond donors (Lipinski definition) is 1. The lowest BCUT2D eigenvalue weighted by Gasteiger charge is -2.18. The van der Waals surface area contributed by atoms with Crippen molar-refractivity contribution in [1.82, 2.24) is 0 Å². The maximum atomic E-state index is 6.16. The maximum absolute atomic E-state index is 6.16. The summed E-state index contributed by atoms with van der Waals surface area (Å²) in [6.07, 6.45) is 0. The van der Waals surface area contributed by atoms with Gasteiger partial charge in [-0.1, -0.05) is 41.9 Å². The summed E-state index contributed by atoms with van der Waals surface area (Å²) in [5, 5.41) is 5.16. The van der Waals surface area contributed by atoms with Gasteiger partial charge in [-0.05, 0) is 34.0 Å². The second-order valence-electron chi connectivity index (χ2n) is 3.91. The molecule has 2 rings (SSSR count). The first-order valence-corrected chi connectivity index (χ1v) is 7.69. The van der Waals surface area contributed by atoms with Crippen molar-refractivity contribution in [3.05, 3.63) is 26.7 Å².